The molecule has 0 fully saturated rings. The number of fused-ring (bicyclic) bond motifs is 4. The molecule has 0 radical (unpaired) electrons. The van der Waals surface area contributed by atoms with Crippen molar-refractivity contribution >= 4 is 51.2 Å². The van der Waals surface area contributed by atoms with Crippen LogP contribution in [0.1, 0.15) is 46.9 Å². The molecule has 0 unspecified atom stereocenters. The van der Waals surface area contributed by atoms with Crippen LogP contribution in [-0.4, -0.2) is 129 Å². The van der Waals surface area contributed by atoms with E-state index in [1.54, 1.807) is 46.5 Å². The van der Waals surface area contributed by atoms with Gasteiger partial charge < -0.3 is 48.9 Å². The zero-order valence-electron chi connectivity index (χ0n) is 39.4. The molecule has 4 aliphatic heterocycles. The molecular weight excluding hydrogens is 863 g/mol. The normalized spacial score (nSPS) is 18.4. The second-order valence-electron chi connectivity index (χ2n) is 18.8. The number of ether oxygens (including phenoxy) is 6. The molecule has 2 atom stereocenters. The number of allylic oxidation sites excluding steroid dienone is 2. The summed E-state index contributed by atoms with van der Waals surface area (Å²) in [7, 11) is 0.257. The molecule has 4 heterocycles. The number of nitrogens with zero attached hydrogens (tertiary/aromatic N) is 4. The zero-order chi connectivity index (χ0) is 47.1. The van der Waals surface area contributed by atoms with Gasteiger partial charge in [0.1, 0.15) is 18.8 Å². The van der Waals surface area contributed by atoms with E-state index in [0.29, 0.717) is 71.6 Å². The summed E-state index contributed by atoms with van der Waals surface area (Å²) in [5.74, 6) is 6.03. The van der Waals surface area contributed by atoms with Gasteiger partial charge in [0.15, 0.2) is 23.0 Å². The molecule has 6 rings (SSSR count). The van der Waals surface area contributed by atoms with Crippen molar-refractivity contribution in [2.24, 2.45) is 5.73 Å². The number of carbonyl (C=O) groups is 4. The van der Waals surface area contributed by atoms with Gasteiger partial charge in [0.25, 0.3) is 23.6 Å². The number of hydrogen-bond acceptors (Lipinski definition) is 11. The van der Waals surface area contributed by atoms with E-state index >= 15 is 0 Å². The Morgan fingerprint density at radius 2 is 1.23 bits per heavy atom. The van der Waals surface area contributed by atoms with E-state index in [4.69, 9.17) is 34.2 Å². The molecule has 17 heteroatoms. The van der Waals surface area contributed by atoms with E-state index in [2.05, 4.69) is 51.1 Å². The van der Waals surface area contributed by atoms with Crippen molar-refractivity contribution in [3.05, 3.63) is 71.1 Å². The van der Waals surface area contributed by atoms with Gasteiger partial charge in [-0.2, -0.15) is 0 Å². The van der Waals surface area contributed by atoms with E-state index in [0.717, 1.165) is 17.7 Å². The third kappa shape index (κ3) is 11.7. The van der Waals surface area contributed by atoms with Gasteiger partial charge in [0.2, 0.25) is 0 Å². The van der Waals surface area contributed by atoms with Crippen LogP contribution in [0.4, 0.5) is 11.4 Å². The molecule has 4 aliphatic rings. The molecule has 0 saturated carbocycles. The molecule has 65 heavy (non-hydrogen) atoms. The Balaban J connectivity index is 1.21. The average Bonchev–Trinajstić information content (AvgIpc) is 3.87. The van der Waals surface area contributed by atoms with Gasteiger partial charge in [-0.05, 0) is 36.7 Å². The summed E-state index contributed by atoms with van der Waals surface area (Å²) in [6.45, 7) is 17.6. The lowest BCUT2D eigenvalue weighted by Crippen LogP contribution is -2.45. The number of nitrogens with two attached hydrogens (primary N) is 1. The van der Waals surface area contributed by atoms with Gasteiger partial charge in [-0.25, -0.2) is 0 Å². The summed E-state index contributed by atoms with van der Waals surface area (Å²) in [5, 5.41) is 0. The summed E-state index contributed by atoms with van der Waals surface area (Å²) >= 11 is 0. The SMILES string of the molecule is C/C=C/C1=CN2C(=O)c3cc(OC)c(OCCCOc4cc5c(cc4OC)C(=O)N4C=C(C#CCN)C[C@H]4C(=O)N5CCOCC[Si](C)(C)C)cc3N(COCC[Si](C)(C)C)C(=O)[C@@H]2C1. The predicted molar refractivity (Wildman–Crippen MR) is 256 cm³/mol. The highest BCUT2D eigenvalue weighted by molar-refractivity contribution is 6.76. The number of amides is 4. The fraction of sp³-hybridized carbons (Fsp3) is 0.500. The lowest BCUT2D eigenvalue weighted by Gasteiger charge is -2.27. The van der Waals surface area contributed by atoms with Crippen LogP contribution >= 0.6 is 0 Å². The summed E-state index contributed by atoms with van der Waals surface area (Å²) in [6.07, 6.45) is 8.26. The first-order valence-corrected chi connectivity index (χ1v) is 29.8. The predicted octanol–water partition coefficient (Wildman–Crippen LogP) is 6.65. The Morgan fingerprint density at radius 1 is 0.692 bits per heavy atom. The molecule has 2 aromatic carbocycles. The molecule has 4 amide bonds. The van der Waals surface area contributed by atoms with Crippen LogP contribution in [0.5, 0.6) is 23.0 Å². The van der Waals surface area contributed by atoms with Gasteiger partial charge in [-0.3, -0.25) is 24.1 Å². The van der Waals surface area contributed by atoms with Crippen LogP contribution in [0, 0.1) is 11.8 Å². The fourth-order valence-electron chi connectivity index (χ4n) is 7.91. The quantitative estimate of drug-likeness (QED) is 0.0860. The Bertz CT molecular complexity index is 2290. The lowest BCUT2D eigenvalue weighted by atomic mass is 10.1. The minimum Gasteiger partial charge on any atom is -0.493 e. The Kier molecular flexibility index (Phi) is 16.1. The fourth-order valence-corrected chi connectivity index (χ4v) is 9.42. The first-order valence-electron chi connectivity index (χ1n) is 22.3. The zero-order valence-corrected chi connectivity index (χ0v) is 41.4. The van der Waals surface area contributed by atoms with Gasteiger partial charge in [0.05, 0.1) is 63.1 Å². The van der Waals surface area contributed by atoms with Crippen molar-refractivity contribution in [1.29, 1.82) is 0 Å². The number of anilines is 2. The van der Waals surface area contributed by atoms with Crippen molar-refractivity contribution in [3.63, 3.8) is 0 Å². The smallest absolute Gasteiger partial charge is 0.260 e. The summed E-state index contributed by atoms with van der Waals surface area (Å²) in [6, 6.07) is 7.01. The van der Waals surface area contributed by atoms with Crippen molar-refractivity contribution in [3.8, 4) is 34.8 Å². The Morgan fingerprint density at radius 3 is 1.78 bits per heavy atom. The third-order valence-corrected chi connectivity index (χ3v) is 14.9. The second kappa shape index (κ2) is 21.3. The molecular formula is C48H65N5O10Si2. The van der Waals surface area contributed by atoms with E-state index < -0.39 is 28.2 Å². The highest BCUT2D eigenvalue weighted by atomic mass is 28.3. The number of rotatable bonds is 20. The number of methoxy groups -OCH3 is 2. The first kappa shape index (κ1) is 49.1. The minimum absolute atomic E-state index is 0.0186. The van der Waals surface area contributed by atoms with Crippen molar-refractivity contribution < 1.29 is 47.6 Å². The molecule has 15 nitrogen and oxygen atoms in total. The Hall–Kier alpha value is -5.39. The number of hydrogen-bond donors (Lipinski definition) is 1. The largest absolute Gasteiger partial charge is 0.493 e. The summed E-state index contributed by atoms with van der Waals surface area (Å²) in [5.41, 5.74) is 8.54. The molecule has 0 aromatic heterocycles. The maximum atomic E-state index is 14.3. The van der Waals surface area contributed by atoms with Gasteiger partial charge in [-0.1, -0.05) is 63.3 Å². The monoisotopic (exact) mass is 927 g/mol. The lowest BCUT2D eigenvalue weighted by molar-refractivity contribution is -0.123. The number of benzene rings is 2. The van der Waals surface area contributed by atoms with E-state index in [-0.39, 0.29) is 75.3 Å². The molecule has 0 spiro atoms. The van der Waals surface area contributed by atoms with Gasteiger partial charge in [0, 0.05) is 85.3 Å². The molecule has 0 aliphatic carbocycles. The van der Waals surface area contributed by atoms with Crippen LogP contribution in [0.25, 0.3) is 0 Å². The molecule has 2 N–H and O–H groups in total. The molecule has 0 bridgehead atoms. The van der Waals surface area contributed by atoms with Gasteiger partial charge >= 0.3 is 0 Å². The van der Waals surface area contributed by atoms with Crippen LogP contribution < -0.4 is 34.5 Å². The highest BCUT2D eigenvalue weighted by Crippen LogP contribution is 2.42. The maximum Gasteiger partial charge on any atom is 0.260 e. The molecule has 350 valence electrons. The maximum absolute atomic E-state index is 14.3. The highest BCUT2D eigenvalue weighted by Gasteiger charge is 2.44. The van der Waals surface area contributed by atoms with Crippen molar-refractivity contribution in [2.75, 3.05) is 76.9 Å². The van der Waals surface area contributed by atoms with Crippen LogP contribution in [0.15, 0.2) is 60.0 Å². The van der Waals surface area contributed by atoms with E-state index in [1.165, 1.54) is 24.0 Å². The van der Waals surface area contributed by atoms with Gasteiger partial charge in [-0.15, -0.1) is 0 Å². The second-order valence-corrected chi connectivity index (χ2v) is 30.1. The summed E-state index contributed by atoms with van der Waals surface area (Å²) < 4.78 is 36.2. The van der Waals surface area contributed by atoms with E-state index in [1.807, 2.05) is 19.1 Å². The topological polar surface area (TPSA) is 163 Å². The van der Waals surface area contributed by atoms with Crippen LogP contribution in [0.3, 0.4) is 0 Å². The third-order valence-electron chi connectivity index (χ3n) is 11.5. The molecule has 0 saturated heterocycles. The summed E-state index contributed by atoms with van der Waals surface area (Å²) in [4.78, 5) is 63.0. The van der Waals surface area contributed by atoms with Crippen molar-refractivity contribution in [1.82, 2.24) is 9.80 Å². The standard InChI is InChI=1S/C48H65N5O10Si2/c1-10-13-33-24-40-48(57)53(32-61-21-23-65(7,8)9)38-29-44(42(59-3)27-36(38)46(55)51(40)30-33)63-18-12-17-62-43-28-37-35(26-41(43)58-2)45(54)52-31-34(14-11-15-49)25-39(52)47(56)50(37)16-19-60-20-22-64(4,5)6/h10,13,26-31,39-40H,12,15-25,32,49H2,1-9H3/b13-10+/t39-,40-/m0/s1. The van der Waals surface area contributed by atoms with E-state index in [9.17, 15) is 19.2 Å². The minimum atomic E-state index is -1.41. The molecule has 2 aromatic rings. The number of carbonyl (C=O) groups excluding carboxylic acids is 4. The van der Waals surface area contributed by atoms with Crippen LogP contribution in [0.2, 0.25) is 51.4 Å². The van der Waals surface area contributed by atoms with Crippen LogP contribution in [-0.2, 0) is 19.1 Å². The first-order chi connectivity index (χ1) is 31.0. The van der Waals surface area contributed by atoms with Crippen molar-refractivity contribution in [2.45, 2.75) is 89.6 Å². The average molecular weight is 928 g/mol. The Labute approximate surface area is 385 Å².